The molecule has 0 aliphatic rings. The minimum absolute atomic E-state index is 0.0439. The number of hydrogen-bond donors (Lipinski definition) is 1. The van der Waals surface area contributed by atoms with E-state index in [9.17, 15) is 4.79 Å². The van der Waals surface area contributed by atoms with Crippen molar-refractivity contribution in [3.63, 3.8) is 0 Å². The van der Waals surface area contributed by atoms with Crippen molar-refractivity contribution in [3.05, 3.63) is 59.7 Å². The smallest absolute Gasteiger partial charge is 0.251 e. The van der Waals surface area contributed by atoms with E-state index in [0.717, 1.165) is 22.6 Å². The van der Waals surface area contributed by atoms with Gasteiger partial charge in [0.15, 0.2) is 0 Å². The van der Waals surface area contributed by atoms with Crippen LogP contribution in [0, 0.1) is 0 Å². The highest BCUT2D eigenvalue weighted by Gasteiger charge is 2.06. The number of carbonyl (C=O) groups excluding carboxylic acids is 1. The minimum Gasteiger partial charge on any atom is -0.496 e. The molecule has 0 atom stereocenters. The third kappa shape index (κ3) is 4.26. The molecule has 3 nitrogen and oxygen atoms in total. The number of carbonyl (C=O) groups is 1. The lowest BCUT2D eigenvalue weighted by Gasteiger charge is -2.09. The largest absolute Gasteiger partial charge is 0.496 e. The molecular formula is C17H19NO2S. The van der Waals surface area contributed by atoms with E-state index in [-0.39, 0.29) is 5.91 Å². The standard InChI is InChI=1S/C17H19NO2S/c1-20-16-6-4-3-5-13(16)11-12-18-17(19)14-7-9-15(21-2)10-8-14/h3-10H,11-12H2,1-2H3,(H,18,19). The van der Waals surface area contributed by atoms with Crippen LogP contribution < -0.4 is 10.1 Å². The zero-order chi connectivity index (χ0) is 15.1. The lowest BCUT2D eigenvalue weighted by Crippen LogP contribution is -2.25. The molecule has 1 N–H and O–H groups in total. The van der Waals surface area contributed by atoms with Crippen LogP contribution in [0.1, 0.15) is 15.9 Å². The highest BCUT2D eigenvalue weighted by molar-refractivity contribution is 7.98. The average Bonchev–Trinajstić information content (AvgIpc) is 2.55. The van der Waals surface area contributed by atoms with Gasteiger partial charge in [-0.15, -0.1) is 11.8 Å². The zero-order valence-corrected chi connectivity index (χ0v) is 13.1. The van der Waals surface area contributed by atoms with Crippen LogP contribution in [0.2, 0.25) is 0 Å². The Morgan fingerprint density at radius 2 is 1.86 bits per heavy atom. The summed E-state index contributed by atoms with van der Waals surface area (Å²) in [6.07, 6.45) is 2.76. The lowest BCUT2D eigenvalue weighted by atomic mass is 10.1. The van der Waals surface area contributed by atoms with Crippen LogP contribution in [-0.2, 0) is 6.42 Å². The van der Waals surface area contributed by atoms with Crippen molar-refractivity contribution in [3.8, 4) is 5.75 Å². The molecule has 0 radical (unpaired) electrons. The Labute approximate surface area is 129 Å². The van der Waals surface area contributed by atoms with E-state index >= 15 is 0 Å². The van der Waals surface area contributed by atoms with Crippen LogP contribution in [0.5, 0.6) is 5.75 Å². The fourth-order valence-corrected chi connectivity index (χ4v) is 2.47. The van der Waals surface area contributed by atoms with Gasteiger partial charge in [-0.2, -0.15) is 0 Å². The quantitative estimate of drug-likeness (QED) is 0.831. The number of hydrogen-bond acceptors (Lipinski definition) is 3. The molecule has 0 fully saturated rings. The van der Waals surface area contributed by atoms with Crippen molar-refractivity contribution in [1.82, 2.24) is 5.32 Å². The molecule has 0 aromatic heterocycles. The van der Waals surface area contributed by atoms with Gasteiger partial charge in [-0.25, -0.2) is 0 Å². The van der Waals surface area contributed by atoms with Crippen molar-refractivity contribution in [2.24, 2.45) is 0 Å². The first-order valence-electron chi connectivity index (χ1n) is 6.78. The van der Waals surface area contributed by atoms with Crippen molar-refractivity contribution in [2.75, 3.05) is 19.9 Å². The molecule has 2 rings (SSSR count). The Kier molecular flexibility index (Phi) is 5.69. The molecule has 0 aliphatic carbocycles. The van der Waals surface area contributed by atoms with E-state index in [0.29, 0.717) is 12.1 Å². The molecule has 0 saturated heterocycles. The first-order valence-corrected chi connectivity index (χ1v) is 8.01. The van der Waals surface area contributed by atoms with E-state index in [1.54, 1.807) is 18.9 Å². The van der Waals surface area contributed by atoms with Gasteiger partial charge in [0.25, 0.3) is 5.91 Å². The fraction of sp³-hybridized carbons (Fsp3) is 0.235. The number of thioether (sulfide) groups is 1. The second kappa shape index (κ2) is 7.74. The van der Waals surface area contributed by atoms with Crippen molar-refractivity contribution in [2.45, 2.75) is 11.3 Å². The first-order chi connectivity index (χ1) is 10.2. The van der Waals surface area contributed by atoms with Crippen molar-refractivity contribution in [1.29, 1.82) is 0 Å². The Hall–Kier alpha value is -1.94. The van der Waals surface area contributed by atoms with Gasteiger partial charge in [0.1, 0.15) is 5.75 Å². The maximum absolute atomic E-state index is 12.0. The molecule has 0 spiro atoms. The van der Waals surface area contributed by atoms with Crippen LogP contribution in [-0.4, -0.2) is 25.8 Å². The van der Waals surface area contributed by atoms with Gasteiger partial charge >= 0.3 is 0 Å². The van der Waals surface area contributed by atoms with Gasteiger partial charge < -0.3 is 10.1 Å². The number of para-hydroxylation sites is 1. The van der Waals surface area contributed by atoms with Crippen molar-refractivity contribution >= 4 is 17.7 Å². The maximum atomic E-state index is 12.0. The molecule has 0 unspecified atom stereocenters. The van der Waals surface area contributed by atoms with E-state index in [1.165, 1.54) is 0 Å². The maximum Gasteiger partial charge on any atom is 0.251 e. The highest BCUT2D eigenvalue weighted by atomic mass is 32.2. The summed E-state index contributed by atoms with van der Waals surface area (Å²) in [6, 6.07) is 15.5. The zero-order valence-electron chi connectivity index (χ0n) is 12.3. The number of benzene rings is 2. The molecule has 0 aliphatic heterocycles. The molecule has 2 aromatic carbocycles. The molecule has 4 heteroatoms. The SMILES string of the molecule is COc1ccccc1CCNC(=O)c1ccc(SC)cc1. The Morgan fingerprint density at radius 3 is 2.52 bits per heavy atom. The molecule has 0 heterocycles. The molecule has 0 saturated carbocycles. The summed E-state index contributed by atoms with van der Waals surface area (Å²) in [4.78, 5) is 13.2. The summed E-state index contributed by atoms with van der Waals surface area (Å²) in [5.41, 5.74) is 1.78. The second-order valence-electron chi connectivity index (χ2n) is 4.55. The topological polar surface area (TPSA) is 38.3 Å². The van der Waals surface area contributed by atoms with Gasteiger partial charge in [0.05, 0.1) is 7.11 Å². The van der Waals surface area contributed by atoms with E-state index in [4.69, 9.17) is 4.74 Å². The molecule has 2 aromatic rings. The highest BCUT2D eigenvalue weighted by Crippen LogP contribution is 2.17. The van der Waals surface area contributed by atoms with E-state index in [2.05, 4.69) is 5.32 Å². The van der Waals surface area contributed by atoms with Crippen LogP contribution in [0.25, 0.3) is 0 Å². The molecule has 21 heavy (non-hydrogen) atoms. The second-order valence-corrected chi connectivity index (χ2v) is 5.43. The van der Waals surface area contributed by atoms with Gasteiger partial charge in [-0.05, 0) is 48.6 Å². The van der Waals surface area contributed by atoms with E-state index < -0.39 is 0 Å². The van der Waals surface area contributed by atoms with Gasteiger partial charge in [-0.3, -0.25) is 4.79 Å². The number of ether oxygens (including phenoxy) is 1. The number of amides is 1. The van der Waals surface area contributed by atoms with Crippen molar-refractivity contribution < 1.29 is 9.53 Å². The fourth-order valence-electron chi connectivity index (χ4n) is 2.06. The normalized spacial score (nSPS) is 10.2. The van der Waals surface area contributed by atoms with Gasteiger partial charge in [-0.1, -0.05) is 18.2 Å². The predicted octanol–water partition coefficient (Wildman–Crippen LogP) is 3.39. The third-order valence-electron chi connectivity index (χ3n) is 3.22. The Morgan fingerprint density at radius 1 is 1.14 bits per heavy atom. The summed E-state index contributed by atoms with van der Waals surface area (Å²) < 4.78 is 5.30. The van der Waals surface area contributed by atoms with Crippen LogP contribution in [0.15, 0.2) is 53.4 Å². The summed E-state index contributed by atoms with van der Waals surface area (Å²) in [7, 11) is 1.66. The van der Waals surface area contributed by atoms with Gasteiger partial charge in [0, 0.05) is 17.0 Å². The summed E-state index contributed by atoms with van der Waals surface area (Å²) >= 11 is 1.66. The monoisotopic (exact) mass is 301 g/mol. The number of nitrogens with one attached hydrogen (secondary N) is 1. The van der Waals surface area contributed by atoms with Crippen LogP contribution in [0.4, 0.5) is 0 Å². The van der Waals surface area contributed by atoms with E-state index in [1.807, 2.05) is 54.8 Å². The van der Waals surface area contributed by atoms with Crippen LogP contribution in [0.3, 0.4) is 0 Å². The summed E-state index contributed by atoms with van der Waals surface area (Å²) in [6.45, 7) is 0.587. The van der Waals surface area contributed by atoms with Gasteiger partial charge in [0.2, 0.25) is 0 Å². The predicted molar refractivity (Wildman–Crippen MR) is 87.3 cm³/mol. The minimum atomic E-state index is -0.0439. The number of methoxy groups -OCH3 is 1. The third-order valence-corrected chi connectivity index (χ3v) is 3.97. The molecule has 110 valence electrons. The van der Waals surface area contributed by atoms with Crippen LogP contribution >= 0.6 is 11.8 Å². The molecule has 1 amide bonds. The average molecular weight is 301 g/mol. The summed E-state index contributed by atoms with van der Waals surface area (Å²) in [5, 5.41) is 2.93. The molecule has 0 bridgehead atoms. The first kappa shape index (κ1) is 15.4. The lowest BCUT2D eigenvalue weighted by molar-refractivity contribution is 0.0954. The Bertz CT molecular complexity index is 596. The molecular weight excluding hydrogens is 282 g/mol. The summed E-state index contributed by atoms with van der Waals surface area (Å²) in [5.74, 6) is 0.814. The number of rotatable bonds is 6. The Balaban J connectivity index is 1.89.